The molecule has 0 radical (unpaired) electrons. The zero-order chi connectivity index (χ0) is 20.9. The van der Waals surface area contributed by atoms with Gasteiger partial charge < -0.3 is 20.5 Å². The summed E-state index contributed by atoms with van der Waals surface area (Å²) < 4.78 is 5.17. The summed E-state index contributed by atoms with van der Waals surface area (Å²) in [6, 6.07) is 15.5. The van der Waals surface area contributed by atoms with Crippen molar-refractivity contribution >= 4 is 17.7 Å². The Balaban J connectivity index is 2.07. The van der Waals surface area contributed by atoms with E-state index in [-0.39, 0.29) is 0 Å². The molecule has 0 aliphatic rings. The first-order chi connectivity index (χ1) is 13.0. The summed E-state index contributed by atoms with van der Waals surface area (Å²) in [5.41, 5.74) is 1.63. The lowest BCUT2D eigenvalue weighted by atomic mass is 10.0. The monoisotopic (exact) mass is 384 g/mol. The Hall–Kier alpha value is -2.86. The van der Waals surface area contributed by atoms with Gasteiger partial charge in [-0.1, -0.05) is 42.0 Å². The average Bonchev–Trinajstić information content (AvgIpc) is 2.61. The molecular formula is C22H28N2O4. The van der Waals surface area contributed by atoms with Crippen LogP contribution in [0.3, 0.4) is 0 Å². The van der Waals surface area contributed by atoms with Crippen molar-refractivity contribution in [2.24, 2.45) is 0 Å². The first-order valence-electron chi connectivity index (χ1n) is 9.13. The maximum Gasteiger partial charge on any atom is 0.408 e. The number of aliphatic hydroxyl groups excluding tert-OH is 1. The van der Waals surface area contributed by atoms with Gasteiger partial charge in [-0.2, -0.15) is 0 Å². The van der Waals surface area contributed by atoms with Crippen molar-refractivity contribution in [2.75, 3.05) is 11.9 Å². The molecule has 0 fully saturated rings. The highest BCUT2D eigenvalue weighted by Crippen LogP contribution is 2.22. The quantitative estimate of drug-likeness (QED) is 0.730. The van der Waals surface area contributed by atoms with E-state index in [4.69, 9.17) is 4.74 Å². The number of nitrogens with one attached hydrogen (secondary N) is 2. The SMILES string of the molecule is Cc1ccc(-c2ccc(NC(=O)C(C)(CO)NC(=O)OC(C)(C)C)cc2)cc1. The van der Waals surface area contributed by atoms with E-state index in [0.717, 1.165) is 11.1 Å². The van der Waals surface area contributed by atoms with Crippen LogP contribution in [-0.4, -0.2) is 34.9 Å². The third kappa shape index (κ3) is 5.82. The van der Waals surface area contributed by atoms with Crippen LogP contribution in [0.2, 0.25) is 0 Å². The minimum absolute atomic E-state index is 0.538. The van der Waals surface area contributed by atoms with Gasteiger partial charge in [0.05, 0.1) is 6.61 Å². The second-order valence-corrected chi connectivity index (χ2v) is 8.01. The number of hydrogen-bond acceptors (Lipinski definition) is 4. The zero-order valence-electron chi connectivity index (χ0n) is 17.0. The van der Waals surface area contributed by atoms with Crippen LogP contribution in [0.15, 0.2) is 48.5 Å². The number of carbonyl (C=O) groups excluding carboxylic acids is 2. The van der Waals surface area contributed by atoms with Gasteiger partial charge in [0.1, 0.15) is 11.1 Å². The first-order valence-corrected chi connectivity index (χ1v) is 9.13. The Kier molecular flexibility index (Phi) is 6.46. The van der Waals surface area contributed by atoms with E-state index in [1.807, 2.05) is 43.3 Å². The predicted molar refractivity (Wildman–Crippen MR) is 110 cm³/mol. The van der Waals surface area contributed by atoms with E-state index in [9.17, 15) is 14.7 Å². The molecule has 0 aliphatic heterocycles. The standard InChI is InChI=1S/C22H28N2O4/c1-15-6-8-16(9-7-15)17-10-12-18(13-11-17)23-19(26)22(5,14-25)24-20(27)28-21(2,3)4/h6-13,25H,14H2,1-5H3,(H,23,26)(H,24,27). The van der Waals surface area contributed by atoms with E-state index in [0.29, 0.717) is 5.69 Å². The Morgan fingerprint density at radius 2 is 1.43 bits per heavy atom. The molecule has 2 rings (SSSR count). The Labute approximate surface area is 165 Å². The van der Waals surface area contributed by atoms with Gasteiger partial charge in [0.2, 0.25) is 0 Å². The van der Waals surface area contributed by atoms with Crippen molar-refractivity contribution in [3.05, 3.63) is 54.1 Å². The highest BCUT2D eigenvalue weighted by Gasteiger charge is 2.36. The van der Waals surface area contributed by atoms with E-state index in [1.54, 1.807) is 32.9 Å². The van der Waals surface area contributed by atoms with Crippen molar-refractivity contribution in [1.29, 1.82) is 0 Å². The van der Waals surface area contributed by atoms with Gasteiger partial charge in [-0.25, -0.2) is 4.79 Å². The van der Waals surface area contributed by atoms with Crippen molar-refractivity contribution in [1.82, 2.24) is 5.32 Å². The summed E-state index contributed by atoms with van der Waals surface area (Å²) in [7, 11) is 0. The van der Waals surface area contributed by atoms with E-state index in [1.165, 1.54) is 12.5 Å². The largest absolute Gasteiger partial charge is 0.444 e. The summed E-state index contributed by atoms with van der Waals surface area (Å²) >= 11 is 0. The number of aryl methyl sites for hydroxylation is 1. The van der Waals surface area contributed by atoms with Gasteiger partial charge in [0.25, 0.3) is 5.91 Å². The third-order valence-corrected chi connectivity index (χ3v) is 4.12. The van der Waals surface area contributed by atoms with Crippen LogP contribution in [-0.2, 0) is 9.53 Å². The normalized spacial score (nSPS) is 13.4. The van der Waals surface area contributed by atoms with Crippen molar-refractivity contribution in [3.8, 4) is 11.1 Å². The lowest BCUT2D eigenvalue weighted by Gasteiger charge is -2.29. The fraction of sp³-hybridized carbons (Fsp3) is 0.364. The molecule has 2 aromatic carbocycles. The van der Waals surface area contributed by atoms with Gasteiger partial charge >= 0.3 is 6.09 Å². The zero-order valence-corrected chi connectivity index (χ0v) is 17.0. The highest BCUT2D eigenvalue weighted by molar-refractivity contribution is 6.00. The molecule has 28 heavy (non-hydrogen) atoms. The van der Waals surface area contributed by atoms with Crippen molar-refractivity contribution in [3.63, 3.8) is 0 Å². The number of hydrogen-bond donors (Lipinski definition) is 3. The predicted octanol–water partition coefficient (Wildman–Crippen LogP) is 3.88. The van der Waals surface area contributed by atoms with E-state index < -0.39 is 29.7 Å². The molecule has 3 N–H and O–H groups in total. The molecule has 1 atom stereocenters. The van der Waals surface area contributed by atoms with Crippen LogP contribution in [0.25, 0.3) is 11.1 Å². The average molecular weight is 384 g/mol. The minimum Gasteiger partial charge on any atom is -0.444 e. The van der Waals surface area contributed by atoms with Gasteiger partial charge in [0, 0.05) is 5.69 Å². The minimum atomic E-state index is -1.52. The van der Waals surface area contributed by atoms with Gasteiger partial charge in [-0.05, 0) is 57.9 Å². The van der Waals surface area contributed by atoms with Gasteiger partial charge in [-0.15, -0.1) is 0 Å². The highest BCUT2D eigenvalue weighted by atomic mass is 16.6. The molecule has 6 heteroatoms. The maximum atomic E-state index is 12.6. The molecule has 0 bridgehead atoms. The number of amides is 2. The number of alkyl carbamates (subject to hydrolysis) is 1. The number of benzene rings is 2. The Bertz CT molecular complexity index is 823. The summed E-state index contributed by atoms with van der Waals surface area (Å²) in [6.45, 7) is 8.06. The maximum absolute atomic E-state index is 12.6. The topological polar surface area (TPSA) is 87.7 Å². The van der Waals surface area contributed by atoms with Gasteiger partial charge in [-0.3, -0.25) is 4.79 Å². The lowest BCUT2D eigenvalue weighted by Crippen LogP contribution is -2.58. The molecule has 0 aliphatic carbocycles. The lowest BCUT2D eigenvalue weighted by molar-refractivity contribution is -0.123. The number of anilines is 1. The fourth-order valence-electron chi connectivity index (χ4n) is 2.46. The molecule has 150 valence electrons. The molecule has 0 saturated heterocycles. The van der Waals surface area contributed by atoms with E-state index in [2.05, 4.69) is 10.6 Å². The first kappa shape index (κ1) is 21.4. The molecule has 6 nitrogen and oxygen atoms in total. The molecule has 0 heterocycles. The smallest absolute Gasteiger partial charge is 0.408 e. The van der Waals surface area contributed by atoms with E-state index >= 15 is 0 Å². The third-order valence-electron chi connectivity index (χ3n) is 4.12. The second-order valence-electron chi connectivity index (χ2n) is 8.01. The van der Waals surface area contributed by atoms with Crippen LogP contribution in [0.1, 0.15) is 33.3 Å². The van der Waals surface area contributed by atoms with Crippen molar-refractivity contribution in [2.45, 2.75) is 45.8 Å². The van der Waals surface area contributed by atoms with Crippen LogP contribution >= 0.6 is 0 Å². The summed E-state index contributed by atoms with van der Waals surface area (Å²) in [5, 5.41) is 14.8. The molecule has 1 unspecified atom stereocenters. The summed E-state index contributed by atoms with van der Waals surface area (Å²) in [6.07, 6.45) is -0.770. The van der Waals surface area contributed by atoms with Crippen LogP contribution < -0.4 is 10.6 Å². The number of ether oxygens (including phenoxy) is 1. The van der Waals surface area contributed by atoms with Crippen LogP contribution in [0.4, 0.5) is 10.5 Å². The molecule has 0 spiro atoms. The second kappa shape index (κ2) is 8.44. The molecule has 2 amide bonds. The Morgan fingerprint density at radius 1 is 0.929 bits per heavy atom. The number of carbonyl (C=O) groups is 2. The summed E-state index contributed by atoms with van der Waals surface area (Å²) in [5.74, 6) is -0.538. The Morgan fingerprint density at radius 3 is 1.89 bits per heavy atom. The fourth-order valence-corrected chi connectivity index (χ4v) is 2.46. The van der Waals surface area contributed by atoms with Crippen molar-refractivity contribution < 1.29 is 19.4 Å². The molecular weight excluding hydrogens is 356 g/mol. The van der Waals surface area contributed by atoms with Crippen LogP contribution in [0, 0.1) is 6.92 Å². The molecule has 2 aromatic rings. The molecule has 0 aromatic heterocycles. The number of rotatable bonds is 5. The number of aliphatic hydroxyl groups is 1. The van der Waals surface area contributed by atoms with Crippen LogP contribution in [0.5, 0.6) is 0 Å². The summed E-state index contributed by atoms with van der Waals surface area (Å²) in [4.78, 5) is 24.6. The molecule has 0 saturated carbocycles. The van der Waals surface area contributed by atoms with Gasteiger partial charge in [0.15, 0.2) is 0 Å².